The maximum Gasteiger partial charge on any atom is 0.234 e. The molecule has 2 saturated heterocycles. The lowest BCUT2D eigenvalue weighted by Gasteiger charge is -2.54. The molecule has 7 nitrogen and oxygen atoms in total. The number of fused-ring (bicyclic) bond motifs is 1. The number of benzene rings is 4. The Morgan fingerprint density at radius 3 is 2.21 bits per heavy atom. The summed E-state index contributed by atoms with van der Waals surface area (Å²) in [7, 11) is 1.50. The minimum absolute atomic E-state index is 0.0653. The highest BCUT2D eigenvalue weighted by Gasteiger charge is 2.70. The van der Waals surface area contributed by atoms with E-state index in [1.54, 1.807) is 28.1 Å². The highest BCUT2D eigenvalue weighted by atomic mass is 32.2. The van der Waals surface area contributed by atoms with Crippen LogP contribution in [-0.2, 0) is 32.4 Å². The quantitative estimate of drug-likeness (QED) is 0.153. The van der Waals surface area contributed by atoms with Gasteiger partial charge in [-0.05, 0) is 59.7 Å². The second kappa shape index (κ2) is 13.2. The van der Waals surface area contributed by atoms with Gasteiger partial charge in [-0.1, -0.05) is 66.7 Å². The van der Waals surface area contributed by atoms with Gasteiger partial charge >= 0.3 is 0 Å². The molecule has 5 aromatic rings. The van der Waals surface area contributed by atoms with Crippen molar-refractivity contribution in [1.82, 2.24) is 14.8 Å². The SMILES string of the molecule is CCOc1ccccc1C1(C2(c3c(F)cccc3OC)SCC(=O)N2Cc2ccc3ccccc3c2)SCC(=O)N1Cc1ccccn1. The molecule has 3 heterocycles. The summed E-state index contributed by atoms with van der Waals surface area (Å²) < 4.78 is 29.0. The summed E-state index contributed by atoms with van der Waals surface area (Å²) in [6, 6.07) is 32.0. The number of thioether (sulfide) groups is 2. The Hall–Kier alpha value is -4.54. The molecule has 244 valence electrons. The number of ether oxygens (including phenoxy) is 2. The Labute approximate surface area is 287 Å². The Kier molecular flexibility index (Phi) is 8.78. The molecule has 0 N–H and O–H groups in total. The number of pyridine rings is 1. The molecule has 0 saturated carbocycles. The number of amides is 2. The number of rotatable bonds is 10. The molecular weight excluding hydrogens is 646 g/mol. The fraction of sp³-hybridized carbons (Fsp3) is 0.237. The minimum atomic E-state index is -1.51. The van der Waals surface area contributed by atoms with Crippen molar-refractivity contribution in [3.05, 3.63) is 138 Å². The van der Waals surface area contributed by atoms with Gasteiger partial charge in [0.05, 0.1) is 43.0 Å². The third kappa shape index (κ3) is 5.18. The Bertz CT molecular complexity index is 2000. The van der Waals surface area contributed by atoms with Crippen LogP contribution in [0.5, 0.6) is 11.5 Å². The third-order valence-corrected chi connectivity index (χ3v) is 12.1. The van der Waals surface area contributed by atoms with Gasteiger partial charge in [-0.3, -0.25) is 14.6 Å². The fourth-order valence-electron chi connectivity index (χ4n) is 6.94. The largest absolute Gasteiger partial charge is 0.496 e. The van der Waals surface area contributed by atoms with E-state index in [0.29, 0.717) is 23.6 Å². The van der Waals surface area contributed by atoms with Gasteiger partial charge in [0.25, 0.3) is 0 Å². The summed E-state index contributed by atoms with van der Waals surface area (Å²) >= 11 is 2.71. The number of methoxy groups -OCH3 is 1. The van der Waals surface area contributed by atoms with E-state index in [4.69, 9.17) is 9.47 Å². The van der Waals surface area contributed by atoms with Gasteiger partial charge in [-0.15, -0.1) is 23.5 Å². The lowest BCUT2D eigenvalue weighted by molar-refractivity contribution is -0.141. The van der Waals surface area contributed by atoms with Gasteiger partial charge in [0.1, 0.15) is 17.3 Å². The lowest BCUT2D eigenvalue weighted by Crippen LogP contribution is -2.61. The van der Waals surface area contributed by atoms with Gasteiger partial charge < -0.3 is 19.3 Å². The number of carbonyl (C=O) groups excluding carboxylic acids is 2. The van der Waals surface area contributed by atoms with Crippen LogP contribution in [0.2, 0.25) is 0 Å². The second-order valence-electron chi connectivity index (χ2n) is 11.6. The molecule has 10 heteroatoms. The van der Waals surface area contributed by atoms with Crippen LogP contribution in [0.1, 0.15) is 29.3 Å². The summed E-state index contributed by atoms with van der Waals surface area (Å²) in [6.45, 7) is 2.57. The van der Waals surface area contributed by atoms with E-state index in [-0.39, 0.29) is 47.7 Å². The Morgan fingerprint density at radius 1 is 0.771 bits per heavy atom. The number of carbonyl (C=O) groups is 2. The van der Waals surface area contributed by atoms with Crippen LogP contribution in [0.3, 0.4) is 0 Å². The minimum Gasteiger partial charge on any atom is -0.496 e. The van der Waals surface area contributed by atoms with Crippen LogP contribution in [0.15, 0.2) is 109 Å². The van der Waals surface area contributed by atoms with E-state index in [2.05, 4.69) is 11.1 Å². The highest BCUT2D eigenvalue weighted by molar-refractivity contribution is 8.05. The molecule has 2 fully saturated rings. The van der Waals surface area contributed by atoms with Crippen molar-refractivity contribution >= 4 is 46.1 Å². The van der Waals surface area contributed by atoms with Crippen molar-refractivity contribution in [2.75, 3.05) is 25.2 Å². The van der Waals surface area contributed by atoms with Gasteiger partial charge in [0.2, 0.25) is 11.8 Å². The molecule has 2 atom stereocenters. The first kappa shape index (κ1) is 32.0. The summed E-state index contributed by atoms with van der Waals surface area (Å²) in [6.07, 6.45) is 1.69. The van der Waals surface area contributed by atoms with Crippen LogP contribution in [0.4, 0.5) is 4.39 Å². The average Bonchev–Trinajstić information content (AvgIpc) is 3.62. The molecule has 2 amide bonds. The molecule has 0 radical (unpaired) electrons. The molecule has 4 aromatic carbocycles. The van der Waals surface area contributed by atoms with E-state index < -0.39 is 15.6 Å². The maximum absolute atomic E-state index is 16.8. The van der Waals surface area contributed by atoms with E-state index >= 15 is 4.39 Å². The molecule has 2 aliphatic rings. The number of nitrogens with zero attached hydrogens (tertiary/aromatic N) is 3. The van der Waals surface area contributed by atoms with Crippen LogP contribution < -0.4 is 9.47 Å². The molecule has 0 spiro atoms. The van der Waals surface area contributed by atoms with Crippen molar-refractivity contribution in [2.24, 2.45) is 0 Å². The number of halogens is 1. The van der Waals surface area contributed by atoms with E-state index in [1.165, 1.54) is 36.7 Å². The van der Waals surface area contributed by atoms with Crippen molar-refractivity contribution < 1.29 is 23.5 Å². The smallest absolute Gasteiger partial charge is 0.234 e. The maximum atomic E-state index is 16.8. The highest BCUT2D eigenvalue weighted by Crippen LogP contribution is 2.68. The van der Waals surface area contributed by atoms with E-state index in [0.717, 1.165) is 16.3 Å². The molecule has 48 heavy (non-hydrogen) atoms. The Morgan fingerprint density at radius 2 is 1.46 bits per heavy atom. The molecule has 1 aromatic heterocycles. The fourth-order valence-corrected chi connectivity index (χ4v) is 10.4. The van der Waals surface area contributed by atoms with Crippen molar-refractivity contribution in [3.63, 3.8) is 0 Å². The first-order chi connectivity index (χ1) is 23.4. The molecule has 7 rings (SSSR count). The zero-order chi connectivity index (χ0) is 33.3. The monoisotopic (exact) mass is 679 g/mol. The zero-order valence-electron chi connectivity index (χ0n) is 26.6. The molecule has 2 aliphatic heterocycles. The third-order valence-electron chi connectivity index (χ3n) is 8.92. The number of hydrogen-bond acceptors (Lipinski definition) is 7. The first-order valence-corrected chi connectivity index (χ1v) is 17.7. The molecule has 2 unspecified atom stereocenters. The van der Waals surface area contributed by atoms with Gasteiger partial charge in [0, 0.05) is 18.3 Å². The summed E-state index contributed by atoms with van der Waals surface area (Å²) in [5.74, 6) is 0.133. The first-order valence-electron chi connectivity index (χ1n) is 15.7. The molecule has 0 bridgehead atoms. The zero-order valence-corrected chi connectivity index (χ0v) is 28.2. The summed E-state index contributed by atoms with van der Waals surface area (Å²) in [5, 5.41) is 2.10. The average molecular weight is 680 g/mol. The van der Waals surface area contributed by atoms with Crippen LogP contribution >= 0.6 is 23.5 Å². The van der Waals surface area contributed by atoms with Crippen LogP contribution in [0, 0.1) is 5.82 Å². The summed E-state index contributed by atoms with van der Waals surface area (Å²) in [4.78, 5) is 33.9. The normalized spacial score (nSPS) is 20.9. The predicted octanol–water partition coefficient (Wildman–Crippen LogP) is 7.34. The number of hydrogen-bond donors (Lipinski definition) is 0. The number of para-hydroxylation sites is 1. The van der Waals surface area contributed by atoms with Crippen molar-refractivity contribution in [1.29, 1.82) is 0 Å². The summed E-state index contributed by atoms with van der Waals surface area (Å²) in [5.41, 5.74) is 2.40. The predicted molar refractivity (Wildman–Crippen MR) is 188 cm³/mol. The van der Waals surface area contributed by atoms with E-state index in [1.807, 2.05) is 85.8 Å². The van der Waals surface area contributed by atoms with Crippen molar-refractivity contribution in [2.45, 2.75) is 29.8 Å². The standard InChI is InChI=1S/C38H34FN3O4S2/c1-3-46-32-16-7-6-14-30(32)37(42(35(44)24-47-37)23-29-13-8-9-20-40-29)38(36-31(39)15-10-17-33(36)45-2)41(34(43)25-48-38)22-26-18-19-27-11-4-5-12-28(27)21-26/h4-21H,3,22-25H2,1-2H3. The van der Waals surface area contributed by atoms with Crippen molar-refractivity contribution in [3.8, 4) is 11.5 Å². The molecule has 0 aliphatic carbocycles. The topological polar surface area (TPSA) is 72.0 Å². The lowest BCUT2D eigenvalue weighted by atomic mass is 9.86. The number of aromatic nitrogens is 1. The molecular formula is C38H34FN3O4S2. The van der Waals surface area contributed by atoms with Crippen LogP contribution in [0.25, 0.3) is 10.8 Å². The second-order valence-corrected chi connectivity index (χ2v) is 13.9. The van der Waals surface area contributed by atoms with Gasteiger partial charge in [-0.2, -0.15) is 0 Å². The van der Waals surface area contributed by atoms with Crippen LogP contribution in [-0.4, -0.2) is 51.8 Å². The van der Waals surface area contributed by atoms with Gasteiger partial charge in [0.15, 0.2) is 9.74 Å². The Balaban J connectivity index is 1.55. The van der Waals surface area contributed by atoms with Gasteiger partial charge in [-0.25, -0.2) is 4.39 Å². The van der Waals surface area contributed by atoms with E-state index in [9.17, 15) is 9.59 Å².